The molecule has 186 valence electrons. The number of ether oxygens (including phenoxy) is 1. The Balaban J connectivity index is 2.18. The summed E-state index contributed by atoms with van der Waals surface area (Å²) in [5.41, 5.74) is 0.717. The van der Waals surface area contributed by atoms with Crippen LogP contribution in [0.15, 0.2) is 48.5 Å². The van der Waals surface area contributed by atoms with Gasteiger partial charge in [-0.25, -0.2) is 12.8 Å². The van der Waals surface area contributed by atoms with Crippen LogP contribution in [0.3, 0.4) is 0 Å². The molecule has 0 saturated carbocycles. The topological polar surface area (TPSA) is 96.0 Å². The maximum absolute atomic E-state index is 14.2. The molecule has 0 aliphatic carbocycles. The van der Waals surface area contributed by atoms with E-state index in [0.717, 1.165) is 16.1 Å². The van der Waals surface area contributed by atoms with Crippen LogP contribution in [0, 0.1) is 5.82 Å². The van der Waals surface area contributed by atoms with Gasteiger partial charge in [-0.1, -0.05) is 24.3 Å². The number of hydrogen-bond donors (Lipinski definition) is 1. The number of sulfonamides is 1. The number of methoxy groups -OCH3 is 1. The Morgan fingerprint density at radius 2 is 1.85 bits per heavy atom. The fourth-order valence-electron chi connectivity index (χ4n) is 3.51. The highest BCUT2D eigenvalue weighted by Gasteiger charge is 2.27. The maximum Gasteiger partial charge on any atom is 0.242 e. The van der Waals surface area contributed by atoms with E-state index in [1.165, 1.54) is 23.1 Å². The van der Waals surface area contributed by atoms with E-state index in [0.29, 0.717) is 12.3 Å². The van der Waals surface area contributed by atoms with Gasteiger partial charge >= 0.3 is 0 Å². The molecule has 34 heavy (non-hydrogen) atoms. The smallest absolute Gasteiger partial charge is 0.242 e. The zero-order valence-corrected chi connectivity index (χ0v) is 20.8. The highest BCUT2D eigenvalue weighted by atomic mass is 32.2. The van der Waals surface area contributed by atoms with Crippen LogP contribution in [-0.4, -0.2) is 57.6 Å². The number of halogens is 1. The van der Waals surface area contributed by atoms with Crippen LogP contribution < -0.4 is 14.4 Å². The van der Waals surface area contributed by atoms with Crippen LogP contribution >= 0.6 is 0 Å². The van der Waals surface area contributed by atoms with Crippen LogP contribution in [-0.2, 0) is 26.2 Å². The third-order valence-electron chi connectivity index (χ3n) is 5.28. The Labute approximate surface area is 200 Å². The van der Waals surface area contributed by atoms with Crippen molar-refractivity contribution in [1.82, 2.24) is 10.2 Å². The highest BCUT2D eigenvalue weighted by Crippen LogP contribution is 2.22. The average Bonchev–Trinajstić information content (AvgIpc) is 2.80. The van der Waals surface area contributed by atoms with Gasteiger partial charge in [-0.2, -0.15) is 0 Å². The fourth-order valence-corrected chi connectivity index (χ4v) is 4.47. The number of hydrogen-bond acceptors (Lipinski definition) is 5. The van der Waals surface area contributed by atoms with Crippen LogP contribution in [0.2, 0.25) is 0 Å². The molecule has 1 N–H and O–H groups in total. The molecule has 0 aliphatic rings. The van der Waals surface area contributed by atoms with Gasteiger partial charge < -0.3 is 15.0 Å². The summed E-state index contributed by atoms with van der Waals surface area (Å²) >= 11 is 0. The predicted octanol–water partition coefficient (Wildman–Crippen LogP) is 2.93. The molecule has 2 rings (SSSR count). The van der Waals surface area contributed by atoms with E-state index in [2.05, 4.69) is 5.32 Å². The second-order valence-corrected chi connectivity index (χ2v) is 9.74. The van der Waals surface area contributed by atoms with Gasteiger partial charge in [0.15, 0.2) is 0 Å². The Hall–Kier alpha value is -3.14. The molecule has 1 atom stereocenters. The first-order valence-electron chi connectivity index (χ1n) is 11.0. The van der Waals surface area contributed by atoms with Gasteiger partial charge in [0.05, 0.1) is 19.1 Å². The minimum Gasteiger partial charge on any atom is -0.497 e. The van der Waals surface area contributed by atoms with Crippen molar-refractivity contribution >= 4 is 27.5 Å². The molecule has 0 fully saturated rings. The number of rotatable bonds is 12. The Kier molecular flexibility index (Phi) is 9.85. The van der Waals surface area contributed by atoms with E-state index in [1.807, 2.05) is 6.07 Å². The zero-order chi connectivity index (χ0) is 25.3. The van der Waals surface area contributed by atoms with E-state index >= 15 is 0 Å². The molecule has 0 radical (unpaired) electrons. The number of nitrogens with one attached hydrogen (secondary N) is 1. The third kappa shape index (κ3) is 7.44. The van der Waals surface area contributed by atoms with Crippen molar-refractivity contribution in [2.24, 2.45) is 0 Å². The number of amides is 2. The van der Waals surface area contributed by atoms with Crippen molar-refractivity contribution < 1.29 is 27.1 Å². The van der Waals surface area contributed by atoms with E-state index in [9.17, 15) is 22.4 Å². The molecular weight excluding hydrogens is 461 g/mol. The van der Waals surface area contributed by atoms with E-state index in [4.69, 9.17) is 4.74 Å². The van der Waals surface area contributed by atoms with Gasteiger partial charge in [-0.3, -0.25) is 13.9 Å². The van der Waals surface area contributed by atoms with Gasteiger partial charge in [-0.05, 0) is 50.1 Å². The molecule has 2 aromatic carbocycles. The first-order valence-corrected chi connectivity index (χ1v) is 12.9. The summed E-state index contributed by atoms with van der Waals surface area (Å²) in [5, 5.41) is 2.72. The van der Waals surface area contributed by atoms with E-state index in [1.54, 1.807) is 45.2 Å². The molecule has 0 bridgehead atoms. The van der Waals surface area contributed by atoms with Gasteiger partial charge in [0.1, 0.15) is 17.6 Å². The number of carbonyl (C=O) groups is 2. The van der Waals surface area contributed by atoms with Crippen molar-refractivity contribution in [3.05, 3.63) is 59.9 Å². The normalized spacial score (nSPS) is 12.0. The summed E-state index contributed by atoms with van der Waals surface area (Å²) in [4.78, 5) is 27.1. The van der Waals surface area contributed by atoms with Crippen LogP contribution in [0.5, 0.6) is 5.75 Å². The lowest BCUT2D eigenvalue weighted by Gasteiger charge is -2.29. The Bertz CT molecular complexity index is 1090. The van der Waals surface area contributed by atoms with Crippen LogP contribution in [0.1, 0.15) is 32.3 Å². The monoisotopic (exact) mass is 493 g/mol. The van der Waals surface area contributed by atoms with Crippen LogP contribution in [0.4, 0.5) is 10.1 Å². The molecule has 10 heteroatoms. The number of nitrogens with zero attached hydrogens (tertiary/aromatic N) is 2. The van der Waals surface area contributed by atoms with E-state index < -0.39 is 21.9 Å². The number of para-hydroxylation sites is 1. The lowest BCUT2D eigenvalue weighted by Crippen LogP contribution is -2.47. The zero-order valence-electron chi connectivity index (χ0n) is 20.0. The molecule has 2 aromatic rings. The standard InChI is InChI=1S/C24H32FN3O5S/c1-5-26-24(30)18(2)27(17-19-10-8-11-20(16-19)33-3)23(29)14-9-15-28(34(4,31)32)22-13-7-6-12-21(22)25/h6-8,10-13,16,18H,5,9,14-15,17H2,1-4H3,(H,26,30)/t18-/m0/s1. The molecule has 0 aliphatic heterocycles. The van der Waals surface area contributed by atoms with Gasteiger partial charge in [0, 0.05) is 26.1 Å². The van der Waals surface area contributed by atoms with Crippen molar-refractivity contribution in [2.45, 2.75) is 39.3 Å². The Morgan fingerprint density at radius 3 is 2.47 bits per heavy atom. The molecule has 0 aromatic heterocycles. The van der Waals surface area contributed by atoms with Crippen molar-refractivity contribution in [2.75, 3.05) is 30.8 Å². The second-order valence-electron chi connectivity index (χ2n) is 7.83. The lowest BCUT2D eigenvalue weighted by molar-refractivity contribution is -0.140. The molecule has 0 heterocycles. The SMILES string of the molecule is CCNC(=O)[C@H](C)N(Cc1cccc(OC)c1)C(=O)CCCN(c1ccccc1F)S(C)(=O)=O. The van der Waals surface area contributed by atoms with E-state index in [-0.39, 0.29) is 43.4 Å². The van der Waals surface area contributed by atoms with Crippen molar-refractivity contribution in [1.29, 1.82) is 0 Å². The maximum atomic E-state index is 14.2. The predicted molar refractivity (Wildman–Crippen MR) is 130 cm³/mol. The van der Waals surface area contributed by atoms with Crippen molar-refractivity contribution in [3.8, 4) is 5.75 Å². The summed E-state index contributed by atoms with van der Waals surface area (Å²) in [6.45, 7) is 3.97. The minimum atomic E-state index is -3.76. The number of benzene rings is 2. The minimum absolute atomic E-state index is 0.0197. The summed E-state index contributed by atoms with van der Waals surface area (Å²) < 4.78 is 44.9. The van der Waals surface area contributed by atoms with Crippen molar-refractivity contribution in [3.63, 3.8) is 0 Å². The Morgan fingerprint density at radius 1 is 1.15 bits per heavy atom. The second kappa shape index (κ2) is 12.4. The average molecular weight is 494 g/mol. The van der Waals surface area contributed by atoms with Gasteiger partial charge in [0.25, 0.3) is 0 Å². The molecule has 0 spiro atoms. The summed E-state index contributed by atoms with van der Waals surface area (Å²) in [5.74, 6) is -0.639. The van der Waals surface area contributed by atoms with Gasteiger partial charge in [0.2, 0.25) is 21.8 Å². The molecular formula is C24H32FN3O5S. The molecule has 0 saturated heterocycles. The van der Waals surface area contributed by atoms with Crippen LogP contribution in [0.25, 0.3) is 0 Å². The lowest BCUT2D eigenvalue weighted by atomic mass is 10.1. The first kappa shape index (κ1) is 27.1. The molecule has 0 unspecified atom stereocenters. The number of anilines is 1. The first-order chi connectivity index (χ1) is 16.1. The quantitative estimate of drug-likeness (QED) is 0.491. The summed E-state index contributed by atoms with van der Waals surface area (Å²) in [6, 6.07) is 12.0. The third-order valence-corrected chi connectivity index (χ3v) is 6.46. The number of likely N-dealkylation sites (N-methyl/N-ethyl adjacent to an activating group) is 1. The number of carbonyl (C=O) groups excluding carboxylic acids is 2. The molecule has 2 amide bonds. The summed E-state index contributed by atoms with van der Waals surface area (Å²) in [7, 11) is -2.22. The summed E-state index contributed by atoms with van der Waals surface area (Å²) in [6.07, 6.45) is 1.12. The van der Waals surface area contributed by atoms with Gasteiger partial charge in [-0.15, -0.1) is 0 Å². The largest absolute Gasteiger partial charge is 0.497 e. The fraction of sp³-hybridized carbons (Fsp3) is 0.417. The highest BCUT2D eigenvalue weighted by molar-refractivity contribution is 7.92. The molecule has 8 nitrogen and oxygen atoms in total.